The third-order valence-corrected chi connectivity index (χ3v) is 6.12. The first kappa shape index (κ1) is 21.5. The van der Waals surface area contributed by atoms with Gasteiger partial charge in [0, 0.05) is 10.4 Å². The normalized spacial score (nSPS) is 12.6. The molecule has 1 N–H and O–H groups in total. The summed E-state index contributed by atoms with van der Waals surface area (Å²) in [6.45, 7) is 3.68. The molecule has 0 saturated carbocycles. The molecule has 162 valence electrons. The molecule has 0 unspecified atom stereocenters. The summed E-state index contributed by atoms with van der Waals surface area (Å²) in [6, 6.07) is 15.3. The number of carbonyl (C=O) groups is 4. The quantitative estimate of drug-likeness (QED) is 0.449. The molecule has 7 nitrogen and oxygen atoms in total. The van der Waals surface area contributed by atoms with Crippen LogP contribution in [0.3, 0.4) is 0 Å². The number of esters is 1. The van der Waals surface area contributed by atoms with Gasteiger partial charge in [-0.1, -0.05) is 30.3 Å². The maximum absolute atomic E-state index is 12.8. The van der Waals surface area contributed by atoms with Gasteiger partial charge >= 0.3 is 5.97 Å². The van der Waals surface area contributed by atoms with E-state index in [0.29, 0.717) is 26.6 Å². The zero-order chi connectivity index (χ0) is 22.8. The minimum absolute atomic E-state index is 0.0103. The highest BCUT2D eigenvalue weighted by Gasteiger charge is 2.35. The van der Waals surface area contributed by atoms with Crippen molar-refractivity contribution in [2.45, 2.75) is 20.4 Å². The molecule has 8 heteroatoms. The zero-order valence-corrected chi connectivity index (χ0v) is 18.3. The summed E-state index contributed by atoms with van der Waals surface area (Å²) in [7, 11) is 0. The van der Waals surface area contributed by atoms with Crippen LogP contribution in [0, 0.1) is 6.92 Å². The summed E-state index contributed by atoms with van der Waals surface area (Å²) in [4.78, 5) is 52.4. The van der Waals surface area contributed by atoms with Crippen molar-refractivity contribution in [2.75, 3.05) is 11.9 Å². The molecule has 32 heavy (non-hydrogen) atoms. The Morgan fingerprint density at radius 1 is 0.969 bits per heavy atom. The predicted molar refractivity (Wildman–Crippen MR) is 120 cm³/mol. The molecule has 1 aliphatic rings. The lowest BCUT2D eigenvalue weighted by atomic mass is 10.1. The van der Waals surface area contributed by atoms with Gasteiger partial charge in [-0.05, 0) is 43.7 Å². The zero-order valence-electron chi connectivity index (χ0n) is 17.5. The third kappa shape index (κ3) is 3.92. The standard InChI is InChI=1S/C24H20N2O5S/c1-3-31-24(30)19-12-15(13-26-22(28)17-10-6-7-11-18(17)23(26)29)32-21(19)25-20(27)16-9-5-4-8-14(16)2/h4-12H,3,13H2,1-2H3,(H,25,27). The van der Waals surface area contributed by atoms with Gasteiger partial charge in [0.25, 0.3) is 17.7 Å². The second kappa shape index (κ2) is 8.76. The molecular weight excluding hydrogens is 428 g/mol. The number of thiophene rings is 1. The van der Waals surface area contributed by atoms with Crippen LogP contribution in [0.15, 0.2) is 54.6 Å². The number of amides is 3. The fourth-order valence-corrected chi connectivity index (χ4v) is 4.54. The number of fused-ring (bicyclic) bond motifs is 1. The monoisotopic (exact) mass is 448 g/mol. The highest BCUT2D eigenvalue weighted by atomic mass is 32.1. The fraction of sp³-hybridized carbons (Fsp3) is 0.167. The fourth-order valence-electron chi connectivity index (χ4n) is 3.51. The number of nitrogens with zero attached hydrogens (tertiary/aromatic N) is 1. The Morgan fingerprint density at radius 3 is 2.22 bits per heavy atom. The molecule has 4 rings (SSSR count). The number of benzene rings is 2. The first-order valence-corrected chi connectivity index (χ1v) is 10.8. The number of anilines is 1. The van der Waals surface area contributed by atoms with Gasteiger partial charge in [-0.25, -0.2) is 4.79 Å². The van der Waals surface area contributed by atoms with E-state index >= 15 is 0 Å². The molecular formula is C24H20N2O5S. The van der Waals surface area contributed by atoms with E-state index in [1.54, 1.807) is 49.4 Å². The molecule has 0 aliphatic carbocycles. The number of rotatable bonds is 6. The molecule has 2 heterocycles. The van der Waals surface area contributed by atoms with E-state index in [1.165, 1.54) is 0 Å². The van der Waals surface area contributed by atoms with E-state index in [4.69, 9.17) is 4.74 Å². The highest BCUT2D eigenvalue weighted by Crippen LogP contribution is 2.33. The SMILES string of the molecule is CCOC(=O)c1cc(CN2C(=O)c3ccccc3C2=O)sc1NC(=O)c1ccccc1C. The largest absolute Gasteiger partial charge is 0.462 e. The van der Waals surface area contributed by atoms with Gasteiger partial charge in [0.1, 0.15) is 5.00 Å². The van der Waals surface area contributed by atoms with Crippen LogP contribution < -0.4 is 5.32 Å². The summed E-state index contributed by atoms with van der Waals surface area (Å²) >= 11 is 1.13. The number of nitrogens with one attached hydrogen (secondary N) is 1. The maximum atomic E-state index is 12.8. The van der Waals surface area contributed by atoms with E-state index in [-0.39, 0.29) is 36.4 Å². The summed E-state index contributed by atoms with van der Waals surface area (Å²) < 4.78 is 5.12. The minimum Gasteiger partial charge on any atom is -0.462 e. The van der Waals surface area contributed by atoms with Crippen LogP contribution in [0.2, 0.25) is 0 Å². The van der Waals surface area contributed by atoms with Crippen molar-refractivity contribution in [1.82, 2.24) is 4.90 Å². The summed E-state index contributed by atoms with van der Waals surface area (Å²) in [5, 5.41) is 3.09. The lowest BCUT2D eigenvalue weighted by molar-refractivity contribution is 0.0527. The van der Waals surface area contributed by atoms with Crippen LogP contribution in [0.5, 0.6) is 0 Å². The van der Waals surface area contributed by atoms with E-state index in [2.05, 4.69) is 5.32 Å². The number of aryl methyl sites for hydroxylation is 1. The number of imide groups is 1. The first-order chi connectivity index (χ1) is 15.4. The number of hydrogen-bond acceptors (Lipinski definition) is 6. The molecule has 1 aromatic heterocycles. The Balaban J connectivity index is 1.62. The van der Waals surface area contributed by atoms with E-state index in [0.717, 1.165) is 21.8 Å². The lowest BCUT2D eigenvalue weighted by Gasteiger charge is -2.12. The van der Waals surface area contributed by atoms with Crippen molar-refractivity contribution in [3.8, 4) is 0 Å². The van der Waals surface area contributed by atoms with E-state index < -0.39 is 5.97 Å². The molecule has 3 amide bonds. The lowest BCUT2D eigenvalue weighted by Crippen LogP contribution is -2.28. The van der Waals surface area contributed by atoms with Gasteiger partial charge in [-0.15, -0.1) is 11.3 Å². The summed E-state index contributed by atoms with van der Waals surface area (Å²) in [5.41, 5.74) is 2.17. The van der Waals surface area contributed by atoms with Crippen LogP contribution >= 0.6 is 11.3 Å². The first-order valence-electron chi connectivity index (χ1n) is 10.0. The molecule has 0 fully saturated rings. The highest BCUT2D eigenvalue weighted by molar-refractivity contribution is 7.16. The van der Waals surface area contributed by atoms with E-state index in [1.807, 2.05) is 19.1 Å². The van der Waals surface area contributed by atoms with Crippen molar-refractivity contribution >= 4 is 40.0 Å². The van der Waals surface area contributed by atoms with Crippen molar-refractivity contribution in [3.05, 3.63) is 87.3 Å². The van der Waals surface area contributed by atoms with Crippen LogP contribution in [-0.2, 0) is 11.3 Å². The summed E-state index contributed by atoms with van der Waals surface area (Å²) in [5.74, 6) is -1.72. The summed E-state index contributed by atoms with van der Waals surface area (Å²) in [6.07, 6.45) is 0. The number of hydrogen-bond donors (Lipinski definition) is 1. The van der Waals surface area contributed by atoms with E-state index in [9.17, 15) is 19.2 Å². The van der Waals surface area contributed by atoms with Crippen LogP contribution in [0.4, 0.5) is 5.00 Å². The van der Waals surface area contributed by atoms with Crippen molar-refractivity contribution in [2.24, 2.45) is 0 Å². The molecule has 0 bridgehead atoms. The van der Waals surface area contributed by atoms with Gasteiger partial charge in [0.05, 0.1) is 29.8 Å². The van der Waals surface area contributed by atoms with Crippen molar-refractivity contribution < 1.29 is 23.9 Å². The maximum Gasteiger partial charge on any atom is 0.341 e. The molecule has 0 saturated heterocycles. The molecule has 2 aromatic carbocycles. The van der Waals surface area contributed by atoms with Gasteiger partial charge < -0.3 is 10.1 Å². The Bertz CT molecular complexity index is 1210. The second-order valence-corrected chi connectivity index (χ2v) is 8.32. The second-order valence-electron chi connectivity index (χ2n) is 7.19. The number of carbonyl (C=O) groups excluding carboxylic acids is 4. The van der Waals surface area contributed by atoms with Crippen molar-refractivity contribution in [1.29, 1.82) is 0 Å². The van der Waals surface area contributed by atoms with Crippen LogP contribution in [-0.4, -0.2) is 35.2 Å². The Kier molecular flexibility index (Phi) is 5.87. The van der Waals surface area contributed by atoms with Crippen molar-refractivity contribution in [3.63, 3.8) is 0 Å². The smallest absolute Gasteiger partial charge is 0.341 e. The topological polar surface area (TPSA) is 92.8 Å². The average Bonchev–Trinajstić information content (AvgIpc) is 3.29. The van der Waals surface area contributed by atoms with Gasteiger partial charge in [-0.2, -0.15) is 0 Å². The molecule has 0 spiro atoms. The molecule has 3 aromatic rings. The predicted octanol–water partition coefficient (Wildman–Crippen LogP) is 4.28. The average molecular weight is 449 g/mol. The molecule has 0 atom stereocenters. The van der Waals surface area contributed by atoms with Gasteiger partial charge in [0.15, 0.2) is 0 Å². The minimum atomic E-state index is -0.586. The third-order valence-electron chi connectivity index (χ3n) is 5.09. The Labute approximate surface area is 188 Å². The molecule has 1 aliphatic heterocycles. The Hall–Kier alpha value is -3.78. The Morgan fingerprint density at radius 2 is 1.59 bits per heavy atom. The van der Waals surface area contributed by atoms with Gasteiger partial charge in [0.2, 0.25) is 0 Å². The van der Waals surface area contributed by atoms with Crippen LogP contribution in [0.25, 0.3) is 0 Å². The van der Waals surface area contributed by atoms with Crippen LogP contribution in [0.1, 0.15) is 58.8 Å². The number of ether oxygens (including phenoxy) is 1. The molecule has 0 radical (unpaired) electrons. The van der Waals surface area contributed by atoms with Gasteiger partial charge in [-0.3, -0.25) is 19.3 Å².